The van der Waals surface area contributed by atoms with Crippen molar-refractivity contribution in [2.24, 2.45) is 10.8 Å². The molecule has 3 aliphatic rings. The lowest BCUT2D eigenvalue weighted by Gasteiger charge is -2.46. The number of fused-ring (bicyclic) bond motifs is 1. The molecule has 1 aromatic carbocycles. The van der Waals surface area contributed by atoms with E-state index in [1.807, 2.05) is 6.07 Å². The second kappa shape index (κ2) is 8.23. The summed E-state index contributed by atoms with van der Waals surface area (Å²) in [6.07, 6.45) is 7.82. The Balaban J connectivity index is 1.34. The van der Waals surface area contributed by atoms with Crippen LogP contribution in [0.15, 0.2) is 48.8 Å². The van der Waals surface area contributed by atoms with Crippen LogP contribution >= 0.6 is 0 Å². The number of amides is 1. The zero-order chi connectivity index (χ0) is 21.3. The van der Waals surface area contributed by atoms with Gasteiger partial charge in [0.15, 0.2) is 0 Å². The summed E-state index contributed by atoms with van der Waals surface area (Å²) in [5.41, 5.74) is 1.14. The SMILES string of the molecule is CCN1CCC2(CN(c3ncccn3)CC23CCN(CCc2ccccc2)CC3)C1=O. The number of aromatic nitrogens is 2. The molecule has 6 heteroatoms. The number of carbonyl (C=O) groups is 1. The highest BCUT2D eigenvalue weighted by molar-refractivity contribution is 5.87. The fourth-order valence-corrected chi connectivity index (χ4v) is 6.21. The first-order valence-corrected chi connectivity index (χ1v) is 11.7. The summed E-state index contributed by atoms with van der Waals surface area (Å²) in [6, 6.07) is 12.6. The van der Waals surface area contributed by atoms with Gasteiger partial charge in [0, 0.05) is 50.5 Å². The molecule has 1 amide bonds. The van der Waals surface area contributed by atoms with E-state index in [1.54, 1.807) is 12.4 Å². The van der Waals surface area contributed by atoms with Crippen molar-refractivity contribution in [1.29, 1.82) is 0 Å². The van der Waals surface area contributed by atoms with E-state index < -0.39 is 0 Å². The third kappa shape index (κ3) is 3.51. The molecule has 164 valence electrons. The maximum Gasteiger partial charge on any atom is 0.231 e. The summed E-state index contributed by atoms with van der Waals surface area (Å²) in [7, 11) is 0. The monoisotopic (exact) mass is 419 g/mol. The highest BCUT2D eigenvalue weighted by atomic mass is 16.2. The largest absolute Gasteiger partial charge is 0.342 e. The Hall–Kier alpha value is -2.47. The summed E-state index contributed by atoms with van der Waals surface area (Å²) >= 11 is 0. The van der Waals surface area contributed by atoms with Crippen LogP contribution in [0.3, 0.4) is 0 Å². The molecular weight excluding hydrogens is 386 g/mol. The summed E-state index contributed by atoms with van der Waals surface area (Å²) in [4.78, 5) is 29.6. The summed E-state index contributed by atoms with van der Waals surface area (Å²) < 4.78 is 0. The van der Waals surface area contributed by atoms with Gasteiger partial charge in [0.25, 0.3) is 0 Å². The van der Waals surface area contributed by atoms with Crippen molar-refractivity contribution in [3.05, 3.63) is 54.4 Å². The van der Waals surface area contributed by atoms with Crippen molar-refractivity contribution >= 4 is 11.9 Å². The molecule has 31 heavy (non-hydrogen) atoms. The number of benzene rings is 1. The van der Waals surface area contributed by atoms with Crippen LogP contribution in [0.5, 0.6) is 0 Å². The normalized spacial score (nSPS) is 25.8. The summed E-state index contributed by atoms with van der Waals surface area (Å²) in [5, 5.41) is 0. The quantitative estimate of drug-likeness (QED) is 0.746. The second-order valence-electron chi connectivity index (χ2n) is 9.48. The minimum Gasteiger partial charge on any atom is -0.342 e. The predicted molar refractivity (Wildman–Crippen MR) is 122 cm³/mol. The van der Waals surface area contributed by atoms with Crippen molar-refractivity contribution < 1.29 is 4.79 Å². The average molecular weight is 420 g/mol. The second-order valence-corrected chi connectivity index (χ2v) is 9.48. The molecule has 0 bridgehead atoms. The van der Waals surface area contributed by atoms with Crippen LogP contribution in [0.2, 0.25) is 0 Å². The fourth-order valence-electron chi connectivity index (χ4n) is 6.21. The highest BCUT2D eigenvalue weighted by Crippen LogP contribution is 2.58. The number of piperidine rings is 1. The van der Waals surface area contributed by atoms with Crippen LogP contribution < -0.4 is 4.90 Å². The van der Waals surface area contributed by atoms with E-state index in [2.05, 4.69) is 61.9 Å². The van der Waals surface area contributed by atoms with Gasteiger partial charge < -0.3 is 14.7 Å². The van der Waals surface area contributed by atoms with Gasteiger partial charge >= 0.3 is 0 Å². The Morgan fingerprint density at radius 1 is 0.935 bits per heavy atom. The highest BCUT2D eigenvalue weighted by Gasteiger charge is 2.65. The van der Waals surface area contributed by atoms with Crippen molar-refractivity contribution in [2.45, 2.75) is 32.6 Å². The number of rotatable bonds is 5. The molecule has 0 aliphatic carbocycles. The van der Waals surface area contributed by atoms with Gasteiger partial charge in [-0.3, -0.25) is 4.79 Å². The predicted octanol–water partition coefficient (Wildman–Crippen LogP) is 2.86. The zero-order valence-electron chi connectivity index (χ0n) is 18.5. The van der Waals surface area contributed by atoms with Crippen LogP contribution in [0, 0.1) is 10.8 Å². The van der Waals surface area contributed by atoms with Crippen LogP contribution in [0.1, 0.15) is 31.7 Å². The number of anilines is 1. The summed E-state index contributed by atoms with van der Waals surface area (Å²) in [6.45, 7) is 8.68. The number of nitrogens with zero attached hydrogens (tertiary/aromatic N) is 5. The minimum absolute atomic E-state index is 0.0243. The van der Waals surface area contributed by atoms with Crippen LogP contribution in [-0.2, 0) is 11.2 Å². The van der Waals surface area contributed by atoms with E-state index in [9.17, 15) is 4.79 Å². The molecule has 3 aliphatic heterocycles. The van der Waals surface area contributed by atoms with Gasteiger partial charge in [0.05, 0.1) is 5.41 Å². The molecule has 0 saturated carbocycles. The van der Waals surface area contributed by atoms with E-state index in [1.165, 1.54) is 5.56 Å². The molecule has 3 fully saturated rings. The molecule has 2 aromatic rings. The molecular formula is C25H33N5O. The number of hydrogen-bond donors (Lipinski definition) is 0. The van der Waals surface area contributed by atoms with Gasteiger partial charge in [-0.2, -0.15) is 0 Å². The fraction of sp³-hybridized carbons (Fsp3) is 0.560. The van der Waals surface area contributed by atoms with Crippen molar-refractivity contribution in [3.8, 4) is 0 Å². The lowest BCUT2D eigenvalue weighted by Crippen LogP contribution is -2.53. The Morgan fingerprint density at radius 3 is 2.35 bits per heavy atom. The van der Waals surface area contributed by atoms with Crippen molar-refractivity contribution in [2.75, 3.05) is 50.7 Å². The molecule has 1 atom stereocenters. The number of carbonyl (C=O) groups excluding carboxylic acids is 1. The third-order valence-corrected chi connectivity index (χ3v) is 8.06. The topological polar surface area (TPSA) is 52.6 Å². The minimum atomic E-state index is -0.284. The summed E-state index contributed by atoms with van der Waals surface area (Å²) in [5.74, 6) is 1.14. The van der Waals surface area contributed by atoms with Crippen molar-refractivity contribution in [1.82, 2.24) is 19.8 Å². The zero-order valence-corrected chi connectivity index (χ0v) is 18.5. The molecule has 0 radical (unpaired) electrons. The maximum absolute atomic E-state index is 13.6. The van der Waals surface area contributed by atoms with Crippen LogP contribution in [-0.4, -0.2) is 71.5 Å². The Bertz CT molecular complexity index is 897. The molecule has 0 N–H and O–H groups in total. The molecule has 5 rings (SSSR count). The van der Waals surface area contributed by atoms with Gasteiger partial charge in [-0.1, -0.05) is 30.3 Å². The lowest BCUT2D eigenvalue weighted by atomic mass is 9.60. The lowest BCUT2D eigenvalue weighted by molar-refractivity contribution is -0.142. The smallest absolute Gasteiger partial charge is 0.231 e. The first-order valence-electron chi connectivity index (χ1n) is 11.7. The van der Waals surface area contributed by atoms with E-state index >= 15 is 0 Å². The molecule has 6 nitrogen and oxygen atoms in total. The molecule has 4 heterocycles. The first-order chi connectivity index (χ1) is 15.2. The van der Waals surface area contributed by atoms with Gasteiger partial charge in [-0.15, -0.1) is 0 Å². The standard InChI is InChI=1S/C25H33N5O/c1-2-29-18-12-25(22(29)31)20-30(23-26-13-6-14-27-23)19-24(25)10-16-28(17-11-24)15-9-21-7-4-3-5-8-21/h3-8,13-14H,2,9-12,15-20H2,1H3. The molecule has 1 aromatic heterocycles. The Kier molecular flexibility index (Phi) is 5.42. The van der Waals surface area contributed by atoms with E-state index in [0.717, 1.165) is 77.4 Å². The van der Waals surface area contributed by atoms with Crippen molar-refractivity contribution in [3.63, 3.8) is 0 Å². The average Bonchev–Trinajstić information content (AvgIpc) is 3.32. The van der Waals surface area contributed by atoms with Gasteiger partial charge in [0.2, 0.25) is 11.9 Å². The van der Waals surface area contributed by atoms with E-state index in [-0.39, 0.29) is 10.8 Å². The molecule has 2 spiro atoms. The number of hydrogen-bond acceptors (Lipinski definition) is 5. The van der Waals surface area contributed by atoms with Crippen LogP contribution in [0.25, 0.3) is 0 Å². The first kappa shape index (κ1) is 20.4. The maximum atomic E-state index is 13.6. The Labute approximate surface area is 185 Å². The van der Waals surface area contributed by atoms with E-state index in [0.29, 0.717) is 5.91 Å². The molecule has 1 unspecified atom stereocenters. The van der Waals surface area contributed by atoms with Gasteiger partial charge in [-0.25, -0.2) is 9.97 Å². The molecule has 3 saturated heterocycles. The Morgan fingerprint density at radius 2 is 1.68 bits per heavy atom. The van der Waals surface area contributed by atoms with Crippen LogP contribution in [0.4, 0.5) is 5.95 Å². The van der Waals surface area contributed by atoms with E-state index in [4.69, 9.17) is 0 Å². The van der Waals surface area contributed by atoms with Gasteiger partial charge in [-0.05, 0) is 57.3 Å². The van der Waals surface area contributed by atoms with Gasteiger partial charge in [0.1, 0.15) is 0 Å². The third-order valence-electron chi connectivity index (χ3n) is 8.06. The number of likely N-dealkylation sites (tertiary alicyclic amines) is 2.